The van der Waals surface area contributed by atoms with Crippen LogP contribution in [0.4, 0.5) is 0 Å². The second-order valence-electron chi connectivity index (χ2n) is 5.98. The van der Waals surface area contributed by atoms with Crippen LogP contribution in [-0.4, -0.2) is 52.2 Å². The number of carbonyl (C=O) groups is 1. The second-order valence-corrected chi connectivity index (χ2v) is 5.98. The van der Waals surface area contributed by atoms with Crippen LogP contribution in [0.3, 0.4) is 0 Å². The first-order valence-electron chi connectivity index (χ1n) is 6.28. The van der Waals surface area contributed by atoms with Crippen LogP contribution in [0.1, 0.15) is 43.6 Å². The standard InChI is InChI=1S/C12H21N5O/c1-12(2,3)11-14-9(15-16-11)10(18)13-8-5-6-17(4)7-8/h8H,5-7H2,1-4H3,(H,13,18)(H,14,15,16). The van der Waals surface area contributed by atoms with Crippen LogP contribution in [0, 0.1) is 0 Å². The Hall–Kier alpha value is -1.43. The molecule has 2 N–H and O–H groups in total. The van der Waals surface area contributed by atoms with Crippen molar-refractivity contribution >= 4 is 5.91 Å². The molecule has 18 heavy (non-hydrogen) atoms. The lowest BCUT2D eigenvalue weighted by molar-refractivity contribution is 0.0928. The van der Waals surface area contributed by atoms with E-state index < -0.39 is 0 Å². The van der Waals surface area contributed by atoms with Gasteiger partial charge in [0.05, 0.1) is 0 Å². The molecule has 1 saturated heterocycles. The average Bonchev–Trinajstić information content (AvgIpc) is 2.85. The van der Waals surface area contributed by atoms with E-state index in [2.05, 4.69) is 32.4 Å². The van der Waals surface area contributed by atoms with Crippen LogP contribution in [0.25, 0.3) is 0 Å². The molecule has 1 aromatic heterocycles. The molecule has 1 fully saturated rings. The van der Waals surface area contributed by atoms with Gasteiger partial charge in [-0.1, -0.05) is 20.8 Å². The van der Waals surface area contributed by atoms with Crippen LogP contribution in [-0.2, 0) is 5.41 Å². The van der Waals surface area contributed by atoms with E-state index in [1.54, 1.807) is 0 Å². The van der Waals surface area contributed by atoms with Gasteiger partial charge in [0.2, 0.25) is 5.82 Å². The maximum Gasteiger partial charge on any atom is 0.291 e. The van der Waals surface area contributed by atoms with E-state index in [4.69, 9.17) is 0 Å². The Balaban J connectivity index is 1.99. The zero-order valence-electron chi connectivity index (χ0n) is 11.4. The third-order valence-electron chi connectivity index (χ3n) is 3.13. The summed E-state index contributed by atoms with van der Waals surface area (Å²) in [6.45, 7) is 8.00. The highest BCUT2D eigenvalue weighted by atomic mass is 16.2. The monoisotopic (exact) mass is 251 g/mol. The number of likely N-dealkylation sites (N-methyl/N-ethyl adjacent to an activating group) is 1. The first-order valence-corrected chi connectivity index (χ1v) is 6.28. The van der Waals surface area contributed by atoms with E-state index in [1.807, 2.05) is 20.8 Å². The fraction of sp³-hybridized carbons (Fsp3) is 0.750. The zero-order valence-corrected chi connectivity index (χ0v) is 11.4. The van der Waals surface area contributed by atoms with E-state index in [1.165, 1.54) is 0 Å². The van der Waals surface area contributed by atoms with Crippen molar-refractivity contribution in [1.29, 1.82) is 0 Å². The summed E-state index contributed by atoms with van der Waals surface area (Å²) in [5.41, 5.74) is -0.126. The molecule has 0 bridgehead atoms. The summed E-state index contributed by atoms with van der Waals surface area (Å²) in [7, 11) is 2.05. The van der Waals surface area contributed by atoms with Crippen LogP contribution in [0.5, 0.6) is 0 Å². The Morgan fingerprint density at radius 3 is 2.72 bits per heavy atom. The third kappa shape index (κ3) is 2.87. The lowest BCUT2D eigenvalue weighted by Gasteiger charge is -2.13. The molecule has 2 rings (SSSR count). The zero-order chi connectivity index (χ0) is 13.3. The van der Waals surface area contributed by atoms with Crippen LogP contribution >= 0.6 is 0 Å². The largest absolute Gasteiger partial charge is 0.345 e. The number of rotatable bonds is 2. The van der Waals surface area contributed by atoms with Crippen molar-refractivity contribution in [3.8, 4) is 0 Å². The van der Waals surface area contributed by atoms with Gasteiger partial charge in [0.15, 0.2) is 0 Å². The summed E-state index contributed by atoms with van der Waals surface area (Å²) in [5.74, 6) is 0.771. The van der Waals surface area contributed by atoms with Crippen LogP contribution in [0.15, 0.2) is 0 Å². The average molecular weight is 251 g/mol. The molecule has 1 unspecified atom stereocenters. The lowest BCUT2D eigenvalue weighted by atomic mass is 9.96. The number of aromatic amines is 1. The first kappa shape index (κ1) is 13.0. The molecule has 1 atom stereocenters. The molecule has 1 aliphatic rings. The highest BCUT2D eigenvalue weighted by Crippen LogP contribution is 2.17. The topological polar surface area (TPSA) is 73.9 Å². The number of hydrogen-bond acceptors (Lipinski definition) is 4. The summed E-state index contributed by atoms with van der Waals surface area (Å²) in [6.07, 6.45) is 0.985. The molecule has 1 aliphatic heterocycles. The van der Waals surface area contributed by atoms with Crippen molar-refractivity contribution in [3.63, 3.8) is 0 Å². The van der Waals surface area contributed by atoms with E-state index in [-0.39, 0.29) is 23.2 Å². The molecular formula is C12H21N5O. The quantitative estimate of drug-likeness (QED) is 0.804. The SMILES string of the molecule is CN1CCC(NC(=O)c2n[nH]c(C(C)(C)C)n2)C1. The number of H-pyrrole nitrogens is 1. The Morgan fingerprint density at radius 1 is 1.50 bits per heavy atom. The molecule has 6 nitrogen and oxygen atoms in total. The van der Waals surface area contributed by atoms with Gasteiger partial charge in [-0.05, 0) is 20.0 Å². The molecule has 100 valence electrons. The molecule has 6 heteroatoms. The number of hydrogen-bond donors (Lipinski definition) is 2. The normalized spacial score (nSPS) is 21.2. The second kappa shape index (κ2) is 4.68. The highest BCUT2D eigenvalue weighted by molar-refractivity contribution is 5.90. The van der Waals surface area contributed by atoms with Gasteiger partial charge in [0.25, 0.3) is 5.91 Å². The Bertz CT molecular complexity index is 434. The number of nitrogens with one attached hydrogen (secondary N) is 2. The fourth-order valence-electron chi connectivity index (χ4n) is 2.00. The van der Waals surface area contributed by atoms with Gasteiger partial charge in [0.1, 0.15) is 5.82 Å². The number of amides is 1. The minimum atomic E-state index is -0.193. The van der Waals surface area contributed by atoms with Crippen LogP contribution in [0.2, 0.25) is 0 Å². The fourth-order valence-corrected chi connectivity index (χ4v) is 2.00. The smallest absolute Gasteiger partial charge is 0.291 e. The van der Waals surface area contributed by atoms with Crippen molar-refractivity contribution in [2.75, 3.05) is 20.1 Å². The summed E-state index contributed by atoms with van der Waals surface area (Å²) in [4.78, 5) is 18.4. The number of carbonyl (C=O) groups excluding carboxylic acids is 1. The molecule has 0 radical (unpaired) electrons. The van der Waals surface area contributed by atoms with Gasteiger partial charge in [0, 0.05) is 18.0 Å². The van der Waals surface area contributed by atoms with Gasteiger partial charge < -0.3 is 10.2 Å². The van der Waals surface area contributed by atoms with E-state index in [9.17, 15) is 4.79 Å². The van der Waals surface area contributed by atoms with Gasteiger partial charge in [-0.25, -0.2) is 4.98 Å². The predicted molar refractivity (Wildman–Crippen MR) is 68.5 cm³/mol. The summed E-state index contributed by atoms with van der Waals surface area (Å²) >= 11 is 0. The molecule has 0 aliphatic carbocycles. The summed E-state index contributed by atoms with van der Waals surface area (Å²) in [6, 6.07) is 0.207. The predicted octanol–water partition coefficient (Wildman–Crippen LogP) is 0.536. The number of nitrogens with zero attached hydrogens (tertiary/aromatic N) is 3. The first-order chi connectivity index (χ1) is 8.36. The number of likely N-dealkylation sites (tertiary alicyclic amines) is 1. The molecule has 2 heterocycles. The van der Waals surface area contributed by atoms with Crippen molar-refractivity contribution < 1.29 is 4.79 Å². The molecule has 1 amide bonds. The molecule has 0 aromatic carbocycles. The van der Waals surface area contributed by atoms with E-state index in [0.717, 1.165) is 25.3 Å². The van der Waals surface area contributed by atoms with E-state index >= 15 is 0 Å². The van der Waals surface area contributed by atoms with Gasteiger partial charge in [-0.3, -0.25) is 9.89 Å². The van der Waals surface area contributed by atoms with Gasteiger partial charge >= 0.3 is 0 Å². The van der Waals surface area contributed by atoms with Crippen molar-refractivity contribution in [2.45, 2.75) is 38.6 Å². The maximum absolute atomic E-state index is 12.0. The third-order valence-corrected chi connectivity index (χ3v) is 3.13. The lowest BCUT2D eigenvalue weighted by Crippen LogP contribution is -2.37. The Labute approximate surface area is 107 Å². The van der Waals surface area contributed by atoms with Gasteiger partial charge in [-0.2, -0.15) is 0 Å². The summed E-state index contributed by atoms with van der Waals surface area (Å²) in [5, 5.41) is 9.77. The molecule has 0 spiro atoms. The Morgan fingerprint density at radius 2 is 2.22 bits per heavy atom. The molecular weight excluding hydrogens is 230 g/mol. The van der Waals surface area contributed by atoms with Crippen LogP contribution < -0.4 is 5.32 Å². The Kier molecular flexibility index (Phi) is 3.38. The highest BCUT2D eigenvalue weighted by Gasteiger charge is 2.25. The van der Waals surface area contributed by atoms with Crippen molar-refractivity contribution in [1.82, 2.24) is 25.4 Å². The summed E-state index contributed by atoms with van der Waals surface area (Å²) < 4.78 is 0. The number of aromatic nitrogens is 3. The maximum atomic E-state index is 12.0. The van der Waals surface area contributed by atoms with E-state index in [0.29, 0.717) is 0 Å². The molecule has 1 aromatic rings. The molecule has 0 saturated carbocycles. The minimum absolute atomic E-state index is 0.126. The van der Waals surface area contributed by atoms with Gasteiger partial charge in [-0.15, -0.1) is 5.10 Å². The van der Waals surface area contributed by atoms with Crippen molar-refractivity contribution in [3.05, 3.63) is 11.6 Å². The minimum Gasteiger partial charge on any atom is -0.345 e. The van der Waals surface area contributed by atoms with Crippen molar-refractivity contribution in [2.24, 2.45) is 0 Å².